The van der Waals surface area contributed by atoms with Crippen LogP contribution in [0.5, 0.6) is 0 Å². The Morgan fingerprint density at radius 3 is 2.35 bits per heavy atom. The highest BCUT2D eigenvalue weighted by molar-refractivity contribution is 6.16. The van der Waals surface area contributed by atoms with Crippen LogP contribution in [0.3, 0.4) is 0 Å². The van der Waals surface area contributed by atoms with Crippen LogP contribution in [0.4, 0.5) is 0 Å². The van der Waals surface area contributed by atoms with E-state index in [-0.39, 0.29) is 0 Å². The monoisotopic (exact) mass is 294 g/mol. The zero-order valence-corrected chi connectivity index (χ0v) is 12.5. The minimum atomic E-state index is 1.01. The number of benzene rings is 3. The topological polar surface area (TPSA) is 17.3 Å². The summed E-state index contributed by atoms with van der Waals surface area (Å²) in [5, 5.41) is 3.72. The second-order valence-electron chi connectivity index (χ2n) is 5.73. The van der Waals surface area contributed by atoms with E-state index >= 15 is 0 Å². The van der Waals surface area contributed by atoms with Gasteiger partial charge in [0.1, 0.15) is 5.65 Å². The van der Waals surface area contributed by atoms with Gasteiger partial charge >= 0.3 is 0 Å². The van der Waals surface area contributed by atoms with Gasteiger partial charge in [-0.3, -0.25) is 4.40 Å². The summed E-state index contributed by atoms with van der Waals surface area (Å²) in [6, 6.07) is 25.6. The summed E-state index contributed by atoms with van der Waals surface area (Å²) in [7, 11) is 0. The zero-order valence-electron chi connectivity index (χ0n) is 12.5. The van der Waals surface area contributed by atoms with Gasteiger partial charge in [0.2, 0.25) is 0 Å². The summed E-state index contributed by atoms with van der Waals surface area (Å²) in [5.74, 6) is 0. The van der Waals surface area contributed by atoms with Gasteiger partial charge in [-0.15, -0.1) is 0 Å². The molecule has 2 heteroatoms. The molecule has 3 aromatic carbocycles. The molecule has 0 radical (unpaired) electrons. The Hall–Kier alpha value is -3.13. The summed E-state index contributed by atoms with van der Waals surface area (Å²) < 4.78 is 2.18. The van der Waals surface area contributed by atoms with Crippen molar-refractivity contribution in [1.29, 1.82) is 0 Å². The van der Waals surface area contributed by atoms with E-state index in [0.717, 1.165) is 5.65 Å². The third-order valence-electron chi connectivity index (χ3n) is 4.46. The predicted octanol–water partition coefficient (Wildman–Crippen LogP) is 5.31. The van der Waals surface area contributed by atoms with E-state index in [4.69, 9.17) is 0 Å². The lowest BCUT2D eigenvalue weighted by Gasteiger charge is -2.12. The molecule has 2 nitrogen and oxygen atoms in total. The third-order valence-corrected chi connectivity index (χ3v) is 4.46. The summed E-state index contributed by atoms with van der Waals surface area (Å²) in [6.07, 6.45) is 3.91. The largest absolute Gasteiger partial charge is 0.299 e. The quantitative estimate of drug-likeness (QED) is 0.383. The highest BCUT2D eigenvalue weighted by Gasteiger charge is 2.12. The zero-order chi connectivity index (χ0) is 15.2. The molecule has 0 amide bonds. The van der Waals surface area contributed by atoms with E-state index in [0.29, 0.717) is 0 Å². The maximum absolute atomic E-state index is 4.56. The Bertz CT molecular complexity index is 1150. The van der Waals surface area contributed by atoms with E-state index in [1.807, 2.05) is 12.4 Å². The first-order chi connectivity index (χ1) is 11.4. The average molecular weight is 294 g/mol. The fourth-order valence-electron chi connectivity index (χ4n) is 3.48. The SMILES string of the molecule is c1ccc(-c2cccc3c2c2ccccc2c2nccn32)cc1. The van der Waals surface area contributed by atoms with Crippen LogP contribution in [0.25, 0.3) is 38.4 Å². The van der Waals surface area contributed by atoms with E-state index < -0.39 is 0 Å². The summed E-state index contributed by atoms with van der Waals surface area (Å²) in [5.41, 5.74) is 4.70. The molecular formula is C21H14N2. The molecule has 0 unspecified atom stereocenters. The summed E-state index contributed by atoms with van der Waals surface area (Å²) in [4.78, 5) is 4.56. The van der Waals surface area contributed by atoms with Gasteiger partial charge in [0.25, 0.3) is 0 Å². The highest BCUT2D eigenvalue weighted by Crippen LogP contribution is 2.35. The number of hydrogen-bond acceptors (Lipinski definition) is 1. The number of aromatic nitrogens is 2. The number of fused-ring (bicyclic) bond motifs is 6. The van der Waals surface area contributed by atoms with Crippen LogP contribution in [0.1, 0.15) is 0 Å². The predicted molar refractivity (Wildman–Crippen MR) is 95.6 cm³/mol. The molecule has 0 aliphatic rings. The lowest BCUT2D eigenvalue weighted by molar-refractivity contribution is 1.27. The van der Waals surface area contributed by atoms with E-state index in [1.54, 1.807) is 0 Å². The van der Waals surface area contributed by atoms with Crippen molar-refractivity contribution in [2.45, 2.75) is 0 Å². The van der Waals surface area contributed by atoms with Gasteiger partial charge in [0.15, 0.2) is 0 Å². The highest BCUT2D eigenvalue weighted by atomic mass is 15.0. The van der Waals surface area contributed by atoms with Crippen LogP contribution in [-0.4, -0.2) is 9.38 Å². The van der Waals surface area contributed by atoms with Gasteiger partial charge in [0, 0.05) is 23.2 Å². The number of pyridine rings is 1. The first-order valence-electron chi connectivity index (χ1n) is 7.75. The van der Waals surface area contributed by atoms with Crippen LogP contribution in [0.15, 0.2) is 85.2 Å². The summed E-state index contributed by atoms with van der Waals surface area (Å²) >= 11 is 0. The van der Waals surface area contributed by atoms with Crippen molar-refractivity contribution in [2.75, 3.05) is 0 Å². The van der Waals surface area contributed by atoms with Crippen molar-refractivity contribution < 1.29 is 0 Å². The minimum Gasteiger partial charge on any atom is -0.299 e. The first kappa shape index (κ1) is 12.4. The fraction of sp³-hybridized carbons (Fsp3) is 0. The smallest absolute Gasteiger partial charge is 0.145 e. The van der Waals surface area contributed by atoms with Crippen LogP contribution >= 0.6 is 0 Å². The van der Waals surface area contributed by atoms with Gasteiger partial charge in [-0.1, -0.05) is 66.7 Å². The lowest BCUT2D eigenvalue weighted by Crippen LogP contribution is -1.92. The average Bonchev–Trinajstić information content (AvgIpc) is 3.12. The van der Waals surface area contributed by atoms with Crippen LogP contribution < -0.4 is 0 Å². The van der Waals surface area contributed by atoms with Crippen molar-refractivity contribution in [2.24, 2.45) is 0 Å². The molecular weight excluding hydrogens is 280 g/mol. The molecule has 0 saturated carbocycles. The molecule has 108 valence electrons. The Morgan fingerprint density at radius 1 is 0.696 bits per heavy atom. The fourth-order valence-corrected chi connectivity index (χ4v) is 3.48. The van der Waals surface area contributed by atoms with E-state index in [9.17, 15) is 0 Å². The molecule has 0 aliphatic heterocycles. The molecule has 5 rings (SSSR count). The van der Waals surface area contributed by atoms with Crippen LogP contribution in [-0.2, 0) is 0 Å². The van der Waals surface area contributed by atoms with Crippen LogP contribution in [0.2, 0.25) is 0 Å². The summed E-state index contributed by atoms with van der Waals surface area (Å²) in [6.45, 7) is 0. The molecule has 0 atom stereocenters. The van der Waals surface area contributed by atoms with Gasteiger partial charge in [-0.25, -0.2) is 4.98 Å². The Morgan fingerprint density at radius 2 is 1.48 bits per heavy atom. The molecule has 0 aliphatic carbocycles. The second-order valence-corrected chi connectivity index (χ2v) is 5.73. The number of imidazole rings is 1. The van der Waals surface area contributed by atoms with Gasteiger partial charge in [-0.05, 0) is 22.6 Å². The number of rotatable bonds is 1. The van der Waals surface area contributed by atoms with E-state index in [2.05, 4.69) is 82.2 Å². The molecule has 0 bridgehead atoms. The molecule has 0 spiro atoms. The lowest BCUT2D eigenvalue weighted by atomic mass is 9.96. The number of nitrogens with zero attached hydrogens (tertiary/aromatic N) is 2. The molecule has 0 N–H and O–H groups in total. The van der Waals surface area contributed by atoms with Crippen molar-refractivity contribution in [3.8, 4) is 11.1 Å². The van der Waals surface area contributed by atoms with Crippen LogP contribution in [0, 0.1) is 0 Å². The molecule has 5 aromatic rings. The Kier molecular flexibility index (Phi) is 2.53. The van der Waals surface area contributed by atoms with E-state index in [1.165, 1.54) is 32.8 Å². The maximum atomic E-state index is 4.56. The van der Waals surface area contributed by atoms with Crippen molar-refractivity contribution >= 4 is 27.3 Å². The van der Waals surface area contributed by atoms with Crippen molar-refractivity contribution in [3.05, 3.63) is 85.2 Å². The third kappa shape index (κ3) is 1.72. The van der Waals surface area contributed by atoms with Gasteiger partial charge in [0.05, 0.1) is 5.52 Å². The standard InChI is InChI=1S/C21H14N2/c1-2-7-15(8-3-1)16-11-6-12-19-20(16)17-9-4-5-10-18(17)21-22-13-14-23(19)21/h1-14H. The molecule has 0 saturated heterocycles. The maximum Gasteiger partial charge on any atom is 0.145 e. The van der Waals surface area contributed by atoms with Gasteiger partial charge < -0.3 is 0 Å². The number of hydrogen-bond donors (Lipinski definition) is 0. The first-order valence-corrected chi connectivity index (χ1v) is 7.75. The second kappa shape index (κ2) is 4.68. The normalized spacial score (nSPS) is 11.5. The molecule has 0 fully saturated rings. The Balaban J connectivity index is 2.08. The Labute approximate surface area is 133 Å². The van der Waals surface area contributed by atoms with Gasteiger partial charge in [-0.2, -0.15) is 0 Å². The molecule has 23 heavy (non-hydrogen) atoms. The van der Waals surface area contributed by atoms with Crippen molar-refractivity contribution in [3.63, 3.8) is 0 Å². The molecule has 2 aromatic heterocycles. The minimum absolute atomic E-state index is 1.01. The molecule has 2 heterocycles. The van der Waals surface area contributed by atoms with Crippen molar-refractivity contribution in [1.82, 2.24) is 9.38 Å².